The van der Waals surface area contributed by atoms with Crippen LogP contribution in [-0.4, -0.2) is 11.0 Å². The van der Waals surface area contributed by atoms with E-state index in [1.54, 1.807) is 0 Å². The summed E-state index contributed by atoms with van der Waals surface area (Å²) in [4.78, 5) is 3.82. The molecule has 3 nitrogen and oxygen atoms in total. The monoisotopic (exact) mass is 273 g/mol. The first-order chi connectivity index (χ1) is 8.88. The SMILES string of the molecule is CC1CCCCC1Nc1ncc(C(F)(F)F)cc1N. The van der Waals surface area contributed by atoms with Gasteiger partial charge in [0.15, 0.2) is 0 Å². The van der Waals surface area contributed by atoms with Crippen molar-refractivity contribution in [3.05, 3.63) is 17.8 Å². The van der Waals surface area contributed by atoms with Gasteiger partial charge in [-0.05, 0) is 24.8 Å². The van der Waals surface area contributed by atoms with E-state index < -0.39 is 11.7 Å². The molecule has 19 heavy (non-hydrogen) atoms. The second-order valence-electron chi connectivity index (χ2n) is 5.17. The lowest BCUT2D eigenvalue weighted by Crippen LogP contribution is -2.31. The number of hydrogen-bond donors (Lipinski definition) is 2. The number of rotatable bonds is 2. The zero-order valence-corrected chi connectivity index (χ0v) is 10.8. The Labute approximate surface area is 110 Å². The van der Waals surface area contributed by atoms with Crippen molar-refractivity contribution in [2.75, 3.05) is 11.1 Å². The number of anilines is 2. The van der Waals surface area contributed by atoms with Gasteiger partial charge in [-0.2, -0.15) is 13.2 Å². The molecule has 1 heterocycles. The van der Waals surface area contributed by atoms with Gasteiger partial charge in [-0.3, -0.25) is 0 Å². The number of nitrogens with zero attached hydrogens (tertiary/aromatic N) is 1. The van der Waals surface area contributed by atoms with Crippen molar-refractivity contribution in [1.82, 2.24) is 4.98 Å². The summed E-state index contributed by atoms with van der Waals surface area (Å²) in [6.07, 6.45) is 0.878. The molecule has 1 aliphatic carbocycles. The van der Waals surface area contributed by atoms with Crippen LogP contribution in [0.1, 0.15) is 38.2 Å². The first-order valence-electron chi connectivity index (χ1n) is 6.47. The van der Waals surface area contributed by atoms with E-state index in [-0.39, 0.29) is 11.7 Å². The third-order valence-corrected chi connectivity index (χ3v) is 3.68. The van der Waals surface area contributed by atoms with Crippen molar-refractivity contribution >= 4 is 11.5 Å². The smallest absolute Gasteiger partial charge is 0.396 e. The summed E-state index contributed by atoms with van der Waals surface area (Å²) >= 11 is 0. The van der Waals surface area contributed by atoms with Gasteiger partial charge in [0.2, 0.25) is 0 Å². The number of pyridine rings is 1. The lowest BCUT2D eigenvalue weighted by Gasteiger charge is -2.30. The van der Waals surface area contributed by atoms with Crippen LogP contribution in [-0.2, 0) is 6.18 Å². The van der Waals surface area contributed by atoms with Gasteiger partial charge in [0.05, 0.1) is 11.3 Å². The summed E-state index contributed by atoms with van der Waals surface area (Å²) in [6.45, 7) is 2.14. The molecule has 0 spiro atoms. The molecule has 0 amide bonds. The molecular weight excluding hydrogens is 255 g/mol. The lowest BCUT2D eigenvalue weighted by molar-refractivity contribution is -0.137. The maximum absolute atomic E-state index is 12.5. The van der Waals surface area contributed by atoms with Crippen molar-refractivity contribution in [2.45, 2.75) is 44.8 Å². The van der Waals surface area contributed by atoms with E-state index >= 15 is 0 Å². The average molecular weight is 273 g/mol. The Morgan fingerprint density at radius 1 is 1.32 bits per heavy atom. The molecule has 0 bridgehead atoms. The number of halogens is 3. The van der Waals surface area contributed by atoms with Crippen LogP contribution in [0.2, 0.25) is 0 Å². The number of nitrogens with one attached hydrogen (secondary N) is 1. The van der Waals surface area contributed by atoms with Gasteiger partial charge in [-0.25, -0.2) is 4.98 Å². The largest absolute Gasteiger partial charge is 0.417 e. The molecule has 2 unspecified atom stereocenters. The molecule has 2 atom stereocenters. The molecule has 0 aromatic carbocycles. The predicted octanol–water partition coefficient (Wildman–Crippen LogP) is 3.67. The quantitative estimate of drug-likeness (QED) is 0.864. The van der Waals surface area contributed by atoms with Crippen molar-refractivity contribution in [3.63, 3.8) is 0 Å². The summed E-state index contributed by atoms with van der Waals surface area (Å²) in [6, 6.07) is 1.17. The zero-order valence-electron chi connectivity index (χ0n) is 10.8. The highest BCUT2D eigenvalue weighted by Crippen LogP contribution is 2.33. The second-order valence-corrected chi connectivity index (χ2v) is 5.17. The Hall–Kier alpha value is -1.46. The minimum absolute atomic E-state index is 0.0487. The minimum atomic E-state index is -4.40. The maximum atomic E-state index is 12.5. The fourth-order valence-corrected chi connectivity index (χ4v) is 2.46. The summed E-state index contributed by atoms with van der Waals surface area (Å²) in [5, 5.41) is 3.17. The van der Waals surface area contributed by atoms with Gasteiger partial charge in [0.1, 0.15) is 5.82 Å². The second kappa shape index (κ2) is 5.27. The van der Waals surface area contributed by atoms with E-state index in [1.807, 2.05) is 0 Å². The van der Waals surface area contributed by atoms with Crippen LogP contribution >= 0.6 is 0 Å². The van der Waals surface area contributed by atoms with Gasteiger partial charge in [0, 0.05) is 12.2 Å². The van der Waals surface area contributed by atoms with Crippen LogP contribution in [0.25, 0.3) is 0 Å². The Kier molecular flexibility index (Phi) is 3.87. The van der Waals surface area contributed by atoms with E-state index in [4.69, 9.17) is 5.73 Å². The Morgan fingerprint density at radius 2 is 2.00 bits per heavy atom. The minimum Gasteiger partial charge on any atom is -0.396 e. The fourth-order valence-electron chi connectivity index (χ4n) is 2.46. The predicted molar refractivity (Wildman–Crippen MR) is 68.7 cm³/mol. The molecule has 1 aromatic rings. The van der Waals surface area contributed by atoms with Crippen LogP contribution in [0.4, 0.5) is 24.7 Å². The Morgan fingerprint density at radius 3 is 2.58 bits per heavy atom. The highest BCUT2D eigenvalue weighted by molar-refractivity contribution is 5.62. The topological polar surface area (TPSA) is 50.9 Å². The first-order valence-corrected chi connectivity index (χ1v) is 6.47. The number of aromatic nitrogens is 1. The Bertz CT molecular complexity index is 445. The van der Waals surface area contributed by atoms with Gasteiger partial charge < -0.3 is 11.1 Å². The summed E-state index contributed by atoms with van der Waals surface area (Å²) in [5.41, 5.74) is 4.89. The van der Waals surface area contributed by atoms with Crippen molar-refractivity contribution in [1.29, 1.82) is 0 Å². The van der Waals surface area contributed by atoms with E-state index in [0.717, 1.165) is 31.5 Å². The highest BCUT2D eigenvalue weighted by Gasteiger charge is 2.32. The van der Waals surface area contributed by atoms with Crippen LogP contribution in [0.15, 0.2) is 12.3 Å². The molecule has 3 N–H and O–H groups in total. The molecule has 0 aliphatic heterocycles. The van der Waals surface area contributed by atoms with Crippen molar-refractivity contribution < 1.29 is 13.2 Å². The molecule has 1 aliphatic rings. The molecule has 1 saturated carbocycles. The van der Waals surface area contributed by atoms with Gasteiger partial charge >= 0.3 is 6.18 Å². The molecule has 1 aromatic heterocycles. The molecule has 106 valence electrons. The Balaban J connectivity index is 2.13. The standard InChI is InChI=1S/C13H18F3N3/c1-8-4-2-3-5-11(8)19-12-10(17)6-9(7-18-12)13(14,15)16/h6-8,11H,2-5,17H2,1H3,(H,18,19). The molecule has 0 radical (unpaired) electrons. The number of nitrogen functional groups attached to an aromatic ring is 1. The summed E-state index contributed by atoms with van der Waals surface area (Å²) in [5.74, 6) is 0.837. The van der Waals surface area contributed by atoms with Crippen LogP contribution in [0, 0.1) is 5.92 Å². The van der Waals surface area contributed by atoms with Gasteiger partial charge in [-0.15, -0.1) is 0 Å². The summed E-state index contributed by atoms with van der Waals surface area (Å²) < 4.78 is 37.5. The zero-order chi connectivity index (χ0) is 14.0. The average Bonchev–Trinajstić information content (AvgIpc) is 2.33. The molecule has 0 saturated heterocycles. The molecule has 6 heteroatoms. The number of nitrogens with two attached hydrogens (primary N) is 1. The van der Waals surface area contributed by atoms with Gasteiger partial charge in [0.25, 0.3) is 0 Å². The molecular formula is C13H18F3N3. The van der Waals surface area contributed by atoms with Crippen LogP contribution in [0.3, 0.4) is 0 Å². The van der Waals surface area contributed by atoms with E-state index in [0.29, 0.717) is 11.7 Å². The van der Waals surface area contributed by atoms with Crippen LogP contribution < -0.4 is 11.1 Å². The van der Waals surface area contributed by atoms with E-state index in [2.05, 4.69) is 17.2 Å². The number of alkyl halides is 3. The van der Waals surface area contributed by atoms with Crippen molar-refractivity contribution in [3.8, 4) is 0 Å². The fraction of sp³-hybridized carbons (Fsp3) is 0.615. The van der Waals surface area contributed by atoms with E-state index in [9.17, 15) is 13.2 Å². The lowest BCUT2D eigenvalue weighted by atomic mass is 9.86. The highest BCUT2D eigenvalue weighted by atomic mass is 19.4. The third-order valence-electron chi connectivity index (χ3n) is 3.68. The molecule has 2 rings (SSSR count). The third kappa shape index (κ3) is 3.30. The van der Waals surface area contributed by atoms with Crippen molar-refractivity contribution in [2.24, 2.45) is 5.92 Å². The number of hydrogen-bond acceptors (Lipinski definition) is 3. The summed E-state index contributed by atoms with van der Waals surface area (Å²) in [7, 11) is 0. The first kappa shape index (κ1) is 14.0. The van der Waals surface area contributed by atoms with E-state index in [1.165, 1.54) is 6.42 Å². The normalized spacial score (nSPS) is 24.2. The molecule has 1 fully saturated rings. The van der Waals surface area contributed by atoms with Crippen LogP contribution in [0.5, 0.6) is 0 Å². The van der Waals surface area contributed by atoms with Gasteiger partial charge in [-0.1, -0.05) is 19.8 Å². The maximum Gasteiger partial charge on any atom is 0.417 e.